The number of carboxylic acid groups (broad SMARTS) is 1. The SMILES string of the molecule is COc1ccc(S(=O)(=O)N(CC(=O)O)[C@@H]2CCS(=O)(=O)C2)cc1NC(C)=O. The maximum Gasteiger partial charge on any atom is 0.318 e. The highest BCUT2D eigenvalue weighted by Gasteiger charge is 2.40. The summed E-state index contributed by atoms with van der Waals surface area (Å²) in [6, 6.07) is 2.70. The Morgan fingerprint density at radius 3 is 2.52 bits per heavy atom. The van der Waals surface area contributed by atoms with Crippen LogP contribution >= 0.6 is 0 Å². The second-order valence-electron chi connectivity index (χ2n) is 6.04. The lowest BCUT2D eigenvalue weighted by molar-refractivity contribution is -0.137. The van der Waals surface area contributed by atoms with Gasteiger partial charge >= 0.3 is 5.97 Å². The van der Waals surface area contributed by atoms with Crippen molar-refractivity contribution in [1.82, 2.24) is 4.31 Å². The van der Waals surface area contributed by atoms with Gasteiger partial charge in [-0.05, 0) is 24.6 Å². The minimum absolute atomic E-state index is 0.0174. The average Bonchev–Trinajstić information content (AvgIpc) is 2.91. The maximum absolute atomic E-state index is 13.0. The van der Waals surface area contributed by atoms with Gasteiger partial charge in [-0.15, -0.1) is 0 Å². The monoisotopic (exact) mass is 420 g/mol. The van der Waals surface area contributed by atoms with Crippen molar-refractivity contribution in [2.24, 2.45) is 0 Å². The Balaban J connectivity index is 2.49. The molecule has 1 aromatic rings. The molecule has 1 amide bonds. The van der Waals surface area contributed by atoms with E-state index < -0.39 is 50.1 Å². The van der Waals surface area contributed by atoms with Gasteiger partial charge in [0.05, 0.1) is 29.2 Å². The lowest BCUT2D eigenvalue weighted by Gasteiger charge is -2.26. The summed E-state index contributed by atoms with van der Waals surface area (Å²) in [7, 11) is -6.42. The fraction of sp³-hybridized carbons (Fsp3) is 0.467. The third-order valence-corrected chi connectivity index (χ3v) is 7.64. The van der Waals surface area contributed by atoms with Gasteiger partial charge in [0.25, 0.3) is 0 Å². The summed E-state index contributed by atoms with van der Waals surface area (Å²) in [5.74, 6) is -2.28. The van der Waals surface area contributed by atoms with Gasteiger partial charge in [-0.25, -0.2) is 16.8 Å². The number of aliphatic carboxylic acids is 1. The highest BCUT2D eigenvalue weighted by molar-refractivity contribution is 7.92. The Hall–Kier alpha value is -2.18. The normalized spacial score (nSPS) is 19.0. The molecule has 1 fully saturated rings. The summed E-state index contributed by atoms with van der Waals surface area (Å²) in [5, 5.41) is 11.5. The number of nitrogens with one attached hydrogen (secondary N) is 1. The van der Waals surface area contributed by atoms with Gasteiger partial charge in [-0.1, -0.05) is 0 Å². The minimum atomic E-state index is -4.33. The summed E-state index contributed by atoms with van der Waals surface area (Å²) in [6.07, 6.45) is 0.0174. The highest BCUT2D eigenvalue weighted by atomic mass is 32.2. The van der Waals surface area contributed by atoms with E-state index in [1.54, 1.807) is 0 Å². The van der Waals surface area contributed by atoms with Crippen molar-refractivity contribution in [3.05, 3.63) is 18.2 Å². The lowest BCUT2D eigenvalue weighted by Crippen LogP contribution is -2.44. The number of rotatable bonds is 7. The van der Waals surface area contributed by atoms with E-state index in [-0.39, 0.29) is 28.5 Å². The van der Waals surface area contributed by atoms with Crippen LogP contribution in [0.2, 0.25) is 0 Å². The molecule has 1 aliphatic rings. The predicted octanol–water partition coefficient (Wildman–Crippen LogP) is -0.0840. The number of carbonyl (C=O) groups excluding carboxylic acids is 1. The second kappa shape index (κ2) is 7.82. The molecule has 1 saturated heterocycles. The van der Waals surface area contributed by atoms with Gasteiger partial charge in [-0.3, -0.25) is 9.59 Å². The Kier molecular flexibility index (Phi) is 6.12. The van der Waals surface area contributed by atoms with E-state index in [9.17, 15) is 26.4 Å². The van der Waals surface area contributed by atoms with Crippen LogP contribution in [-0.2, 0) is 29.4 Å². The summed E-state index contributed by atoms with van der Waals surface area (Å²) in [6.45, 7) is 0.366. The number of methoxy groups -OCH3 is 1. The second-order valence-corrected chi connectivity index (χ2v) is 10.2. The van der Waals surface area contributed by atoms with Crippen LogP contribution < -0.4 is 10.1 Å². The van der Waals surface area contributed by atoms with Crippen molar-refractivity contribution >= 4 is 37.4 Å². The number of nitrogens with zero attached hydrogens (tertiary/aromatic N) is 1. The molecule has 0 saturated carbocycles. The molecular formula is C15H20N2O8S2. The minimum Gasteiger partial charge on any atom is -0.495 e. The molecule has 1 aliphatic heterocycles. The van der Waals surface area contributed by atoms with E-state index >= 15 is 0 Å². The van der Waals surface area contributed by atoms with Crippen molar-refractivity contribution in [2.45, 2.75) is 24.3 Å². The van der Waals surface area contributed by atoms with Gasteiger partial charge < -0.3 is 15.2 Å². The summed E-state index contributed by atoms with van der Waals surface area (Å²) >= 11 is 0. The van der Waals surface area contributed by atoms with Crippen molar-refractivity contribution in [3.8, 4) is 5.75 Å². The standard InChI is InChI=1S/C15H20N2O8S2/c1-10(18)16-13-7-12(3-4-14(13)25-2)27(23,24)17(8-15(19)20)11-5-6-26(21,22)9-11/h3-4,7,11H,5-6,8-9H2,1-2H3,(H,16,18)(H,19,20)/t11-/m1/s1. The first-order valence-electron chi connectivity index (χ1n) is 7.86. The number of amides is 1. The molecule has 0 aromatic heterocycles. The van der Waals surface area contributed by atoms with Gasteiger partial charge in [0.1, 0.15) is 12.3 Å². The Morgan fingerprint density at radius 2 is 2.04 bits per heavy atom. The zero-order valence-corrected chi connectivity index (χ0v) is 16.3. The molecule has 0 unspecified atom stereocenters. The largest absolute Gasteiger partial charge is 0.495 e. The zero-order valence-electron chi connectivity index (χ0n) is 14.7. The first-order valence-corrected chi connectivity index (χ1v) is 11.1. The molecule has 0 radical (unpaired) electrons. The van der Waals surface area contributed by atoms with Crippen LogP contribution in [0, 0.1) is 0 Å². The Labute approximate surface area is 157 Å². The number of anilines is 1. The van der Waals surface area contributed by atoms with Crippen LogP contribution in [0.3, 0.4) is 0 Å². The number of sulfonamides is 1. The fourth-order valence-corrected chi connectivity index (χ4v) is 6.27. The number of hydrogen-bond donors (Lipinski definition) is 2. The average molecular weight is 420 g/mol. The van der Waals surface area contributed by atoms with E-state index in [0.29, 0.717) is 4.31 Å². The number of carbonyl (C=O) groups is 2. The van der Waals surface area contributed by atoms with Crippen LogP contribution in [0.5, 0.6) is 5.75 Å². The number of carboxylic acids is 1. The first-order chi connectivity index (χ1) is 12.5. The van der Waals surface area contributed by atoms with E-state index in [1.165, 1.54) is 26.2 Å². The molecule has 0 bridgehead atoms. The number of ether oxygens (including phenoxy) is 1. The van der Waals surface area contributed by atoms with Crippen LogP contribution in [0.15, 0.2) is 23.1 Å². The quantitative estimate of drug-likeness (QED) is 0.622. The fourth-order valence-electron chi connectivity index (χ4n) is 2.82. The van der Waals surface area contributed by atoms with E-state index in [4.69, 9.17) is 9.84 Å². The summed E-state index contributed by atoms with van der Waals surface area (Å²) < 4.78 is 55.2. The summed E-state index contributed by atoms with van der Waals surface area (Å²) in [5.41, 5.74) is 0.0976. The molecule has 0 spiro atoms. The van der Waals surface area contributed by atoms with E-state index in [2.05, 4.69) is 5.32 Å². The van der Waals surface area contributed by atoms with Crippen molar-refractivity contribution < 1.29 is 36.3 Å². The number of hydrogen-bond acceptors (Lipinski definition) is 7. The number of sulfone groups is 1. The molecule has 10 nitrogen and oxygen atoms in total. The molecule has 0 aliphatic carbocycles. The first kappa shape index (κ1) is 21.1. The van der Waals surface area contributed by atoms with Crippen molar-refractivity contribution in [3.63, 3.8) is 0 Å². The molecule has 2 N–H and O–H groups in total. The maximum atomic E-state index is 13.0. The van der Waals surface area contributed by atoms with Gasteiger partial charge in [0, 0.05) is 13.0 Å². The molecule has 12 heteroatoms. The Morgan fingerprint density at radius 1 is 1.37 bits per heavy atom. The van der Waals surface area contributed by atoms with Crippen LogP contribution in [0.1, 0.15) is 13.3 Å². The molecule has 1 aromatic carbocycles. The predicted molar refractivity (Wildman–Crippen MR) is 95.9 cm³/mol. The van der Waals surface area contributed by atoms with Gasteiger partial charge in [0.15, 0.2) is 9.84 Å². The molecule has 1 atom stereocenters. The van der Waals surface area contributed by atoms with Crippen molar-refractivity contribution in [1.29, 1.82) is 0 Å². The lowest BCUT2D eigenvalue weighted by atomic mass is 10.2. The molecule has 27 heavy (non-hydrogen) atoms. The van der Waals surface area contributed by atoms with Crippen LogP contribution in [-0.4, -0.2) is 69.3 Å². The molecule has 2 rings (SSSR count). The smallest absolute Gasteiger partial charge is 0.318 e. The van der Waals surface area contributed by atoms with Crippen molar-refractivity contribution in [2.75, 3.05) is 30.5 Å². The summed E-state index contributed by atoms with van der Waals surface area (Å²) in [4.78, 5) is 22.2. The third kappa shape index (κ3) is 4.96. The Bertz CT molecular complexity index is 956. The van der Waals surface area contributed by atoms with E-state index in [0.717, 1.165) is 6.07 Å². The topological polar surface area (TPSA) is 147 Å². The zero-order chi connectivity index (χ0) is 20.4. The van der Waals surface area contributed by atoms with Crippen LogP contribution in [0.4, 0.5) is 5.69 Å². The van der Waals surface area contributed by atoms with Gasteiger partial charge in [0.2, 0.25) is 15.9 Å². The molecule has 1 heterocycles. The third-order valence-electron chi connectivity index (χ3n) is 3.99. The van der Waals surface area contributed by atoms with E-state index in [1.807, 2.05) is 0 Å². The van der Waals surface area contributed by atoms with Crippen LogP contribution in [0.25, 0.3) is 0 Å². The number of benzene rings is 1. The van der Waals surface area contributed by atoms with Gasteiger partial charge in [-0.2, -0.15) is 4.31 Å². The highest BCUT2D eigenvalue weighted by Crippen LogP contribution is 2.31. The molecular weight excluding hydrogens is 400 g/mol. The molecule has 150 valence electrons.